The van der Waals surface area contributed by atoms with Crippen molar-refractivity contribution in [2.24, 2.45) is 0 Å². The smallest absolute Gasteiger partial charge is 0.306 e. The Morgan fingerprint density at radius 1 is 0.460 bits per heavy atom. The molecule has 1 fully saturated rings. The fourth-order valence-electron chi connectivity index (χ4n) is 6.93. The Labute approximate surface area is 307 Å². The maximum absolute atomic E-state index is 12.4. The molecule has 0 aromatic heterocycles. The van der Waals surface area contributed by atoms with Gasteiger partial charge in [0, 0.05) is 12.8 Å². The first-order valence-electron chi connectivity index (χ1n) is 21.4. The number of carbonyl (C=O) groups excluding carboxylic acids is 2. The lowest BCUT2D eigenvalue weighted by molar-refractivity contribution is -0.291. The molecule has 8 heteroatoms. The van der Waals surface area contributed by atoms with Crippen molar-refractivity contribution in [3.63, 3.8) is 0 Å². The quantitative estimate of drug-likeness (QED) is 0.0438. The average Bonchev–Trinajstić information content (AvgIpc) is 3.11. The van der Waals surface area contributed by atoms with E-state index in [1.54, 1.807) is 0 Å². The summed E-state index contributed by atoms with van der Waals surface area (Å²) < 4.78 is 15.9. The Balaban J connectivity index is 2.02. The summed E-state index contributed by atoms with van der Waals surface area (Å²) in [7, 11) is 0. The highest BCUT2D eigenvalue weighted by Gasteiger charge is 2.46. The summed E-state index contributed by atoms with van der Waals surface area (Å²) in [4.78, 5) is 24.6. The van der Waals surface area contributed by atoms with Crippen molar-refractivity contribution in [1.82, 2.24) is 0 Å². The Morgan fingerprint density at radius 3 is 1.14 bits per heavy atom. The van der Waals surface area contributed by atoms with E-state index in [-0.39, 0.29) is 19.4 Å². The van der Waals surface area contributed by atoms with Gasteiger partial charge in [0.1, 0.15) is 24.9 Å². The van der Waals surface area contributed by atoms with E-state index in [0.717, 1.165) is 38.5 Å². The normalized spacial score (nSPS) is 20.6. The fraction of sp³-hybridized carbons (Fsp3) is 0.952. The average molecular weight is 713 g/mol. The number of hydrogen-bond donors (Lipinski definition) is 3. The monoisotopic (exact) mass is 713 g/mol. The van der Waals surface area contributed by atoms with Crippen LogP contribution in [0.15, 0.2) is 0 Å². The lowest BCUT2D eigenvalue weighted by Gasteiger charge is -2.39. The van der Waals surface area contributed by atoms with Gasteiger partial charge in [-0.15, -0.1) is 0 Å². The molecule has 1 rings (SSSR count). The van der Waals surface area contributed by atoms with E-state index in [1.165, 1.54) is 148 Å². The van der Waals surface area contributed by atoms with Gasteiger partial charge < -0.3 is 29.5 Å². The van der Waals surface area contributed by atoms with Gasteiger partial charge in [0.05, 0.1) is 0 Å². The third-order valence-corrected chi connectivity index (χ3v) is 10.3. The van der Waals surface area contributed by atoms with Crippen molar-refractivity contribution >= 4 is 11.9 Å². The van der Waals surface area contributed by atoms with E-state index >= 15 is 0 Å². The summed E-state index contributed by atoms with van der Waals surface area (Å²) in [5, 5.41) is 31.4. The van der Waals surface area contributed by atoms with E-state index < -0.39 is 42.6 Å². The SMILES string of the molecule is CCCCCCCCCCCCCCCCCC(=O)OCC1O[C@@H](O)C(OC(=O)CCCCCCCCCCCCCCCCC)C(O)C1O. The van der Waals surface area contributed by atoms with Gasteiger partial charge in [-0.25, -0.2) is 0 Å². The first kappa shape index (κ1) is 46.8. The molecule has 50 heavy (non-hydrogen) atoms. The molecular weight excluding hydrogens is 632 g/mol. The molecule has 0 amide bonds. The van der Waals surface area contributed by atoms with Crippen LogP contribution in [0, 0.1) is 0 Å². The second kappa shape index (κ2) is 33.6. The minimum Gasteiger partial charge on any atom is -0.463 e. The second-order valence-corrected chi connectivity index (χ2v) is 15.1. The molecule has 0 saturated carbocycles. The lowest BCUT2D eigenvalue weighted by Crippen LogP contribution is -2.60. The highest BCUT2D eigenvalue weighted by Crippen LogP contribution is 2.24. The van der Waals surface area contributed by atoms with E-state index in [9.17, 15) is 24.9 Å². The molecule has 1 aliphatic heterocycles. The molecule has 1 aliphatic rings. The molecule has 0 aliphatic carbocycles. The molecule has 296 valence electrons. The van der Waals surface area contributed by atoms with Crippen LogP contribution in [0.4, 0.5) is 0 Å². The standard InChI is InChI=1S/C42H80O8/c1-3-5-7-9-11-13-15-17-19-21-23-25-27-29-31-33-37(43)48-35-36-39(45)40(46)41(42(47)49-36)50-38(44)34-32-30-28-26-24-22-20-18-16-14-12-10-8-6-4-2/h36,39-42,45-47H,3-35H2,1-2H3/t36?,39?,40?,41?,42-/m1/s1. The van der Waals surface area contributed by atoms with Crippen molar-refractivity contribution in [2.45, 2.75) is 250 Å². The number of ether oxygens (including phenoxy) is 3. The van der Waals surface area contributed by atoms with Crippen molar-refractivity contribution in [1.29, 1.82) is 0 Å². The predicted molar refractivity (Wildman–Crippen MR) is 203 cm³/mol. The Hall–Kier alpha value is -1.22. The zero-order valence-electron chi connectivity index (χ0n) is 32.6. The van der Waals surface area contributed by atoms with Gasteiger partial charge in [-0.1, -0.05) is 194 Å². The minimum atomic E-state index is -1.61. The van der Waals surface area contributed by atoms with Crippen molar-refractivity contribution in [2.75, 3.05) is 6.61 Å². The Morgan fingerprint density at radius 2 is 0.780 bits per heavy atom. The molecule has 1 saturated heterocycles. The molecule has 8 nitrogen and oxygen atoms in total. The van der Waals surface area contributed by atoms with Crippen LogP contribution < -0.4 is 0 Å². The van der Waals surface area contributed by atoms with Crippen molar-refractivity contribution < 1.29 is 39.1 Å². The third kappa shape index (κ3) is 25.7. The van der Waals surface area contributed by atoms with Gasteiger partial charge in [0.25, 0.3) is 0 Å². The molecule has 4 unspecified atom stereocenters. The number of rotatable bonds is 35. The van der Waals surface area contributed by atoms with Crippen LogP contribution >= 0.6 is 0 Å². The van der Waals surface area contributed by atoms with Crippen LogP contribution in [0.3, 0.4) is 0 Å². The van der Waals surface area contributed by atoms with E-state index in [0.29, 0.717) is 6.42 Å². The van der Waals surface area contributed by atoms with Gasteiger partial charge in [0.15, 0.2) is 12.4 Å². The summed E-state index contributed by atoms with van der Waals surface area (Å²) in [5.41, 5.74) is 0. The number of aliphatic hydroxyl groups excluding tert-OH is 3. The first-order chi connectivity index (χ1) is 24.4. The molecule has 5 atom stereocenters. The summed E-state index contributed by atoms with van der Waals surface area (Å²) in [6, 6.07) is 0. The summed E-state index contributed by atoms with van der Waals surface area (Å²) >= 11 is 0. The van der Waals surface area contributed by atoms with Crippen LogP contribution in [0.25, 0.3) is 0 Å². The third-order valence-electron chi connectivity index (χ3n) is 10.3. The number of unbranched alkanes of at least 4 members (excludes halogenated alkanes) is 28. The molecule has 0 aromatic carbocycles. The van der Waals surface area contributed by atoms with Crippen LogP contribution in [0.5, 0.6) is 0 Å². The summed E-state index contributed by atoms with van der Waals surface area (Å²) in [5.74, 6) is -0.927. The zero-order valence-corrected chi connectivity index (χ0v) is 32.6. The Kier molecular flexibility index (Phi) is 31.5. The lowest BCUT2D eigenvalue weighted by atomic mass is 9.99. The summed E-state index contributed by atoms with van der Waals surface area (Å²) in [6.45, 7) is 4.23. The predicted octanol–water partition coefficient (Wildman–Crippen LogP) is 10.4. The minimum absolute atomic E-state index is 0.185. The van der Waals surface area contributed by atoms with Crippen molar-refractivity contribution in [3.8, 4) is 0 Å². The van der Waals surface area contributed by atoms with Gasteiger partial charge in [0.2, 0.25) is 0 Å². The number of hydrogen-bond acceptors (Lipinski definition) is 8. The van der Waals surface area contributed by atoms with Crippen LogP contribution in [0.1, 0.15) is 219 Å². The molecule has 3 N–H and O–H groups in total. The highest BCUT2D eigenvalue weighted by molar-refractivity contribution is 5.69. The Bertz CT molecular complexity index is 775. The van der Waals surface area contributed by atoms with Gasteiger partial charge in [-0.2, -0.15) is 0 Å². The maximum Gasteiger partial charge on any atom is 0.306 e. The first-order valence-corrected chi connectivity index (χ1v) is 21.4. The van der Waals surface area contributed by atoms with E-state index in [1.807, 2.05) is 0 Å². The number of esters is 2. The van der Waals surface area contributed by atoms with E-state index in [2.05, 4.69) is 13.8 Å². The number of aliphatic hydroxyl groups is 3. The molecule has 0 spiro atoms. The van der Waals surface area contributed by atoms with Gasteiger partial charge in [-0.3, -0.25) is 9.59 Å². The van der Waals surface area contributed by atoms with Gasteiger partial charge in [-0.05, 0) is 12.8 Å². The molecular formula is C42H80O8. The molecule has 0 aromatic rings. The van der Waals surface area contributed by atoms with E-state index in [4.69, 9.17) is 14.2 Å². The number of carbonyl (C=O) groups is 2. The molecule has 1 heterocycles. The largest absolute Gasteiger partial charge is 0.463 e. The maximum atomic E-state index is 12.4. The molecule has 0 radical (unpaired) electrons. The second-order valence-electron chi connectivity index (χ2n) is 15.1. The van der Waals surface area contributed by atoms with Crippen LogP contribution in [0.2, 0.25) is 0 Å². The highest BCUT2D eigenvalue weighted by atomic mass is 16.7. The van der Waals surface area contributed by atoms with Crippen molar-refractivity contribution in [3.05, 3.63) is 0 Å². The fourth-order valence-corrected chi connectivity index (χ4v) is 6.93. The topological polar surface area (TPSA) is 123 Å². The molecule has 0 bridgehead atoms. The van der Waals surface area contributed by atoms with Crippen LogP contribution in [-0.2, 0) is 23.8 Å². The van der Waals surface area contributed by atoms with Gasteiger partial charge >= 0.3 is 11.9 Å². The zero-order chi connectivity index (χ0) is 36.5. The van der Waals surface area contributed by atoms with Crippen LogP contribution in [-0.4, -0.2) is 64.6 Å². The summed E-state index contributed by atoms with van der Waals surface area (Å²) in [6.07, 6.45) is 30.7.